The van der Waals surface area contributed by atoms with Crippen molar-refractivity contribution in [2.45, 2.75) is 25.7 Å². The van der Waals surface area contributed by atoms with E-state index in [9.17, 15) is 4.79 Å². The van der Waals surface area contributed by atoms with Crippen LogP contribution in [-0.2, 0) is 11.2 Å². The van der Waals surface area contributed by atoms with Crippen molar-refractivity contribution in [1.29, 1.82) is 0 Å². The minimum atomic E-state index is 0.253. The van der Waals surface area contributed by atoms with Crippen LogP contribution in [0.4, 0.5) is 0 Å². The van der Waals surface area contributed by atoms with Crippen molar-refractivity contribution in [3.05, 3.63) is 35.9 Å². The van der Waals surface area contributed by atoms with Crippen molar-refractivity contribution in [2.75, 3.05) is 6.54 Å². The fourth-order valence-corrected chi connectivity index (χ4v) is 2.12. The van der Waals surface area contributed by atoms with Crippen LogP contribution in [0.5, 0.6) is 0 Å². The van der Waals surface area contributed by atoms with E-state index in [0.29, 0.717) is 0 Å². The molecular formula is C13H17NO. The van der Waals surface area contributed by atoms with Gasteiger partial charge in [0.15, 0.2) is 0 Å². The van der Waals surface area contributed by atoms with Crippen LogP contribution in [0.15, 0.2) is 30.3 Å². The van der Waals surface area contributed by atoms with Crippen LogP contribution in [0.2, 0.25) is 0 Å². The van der Waals surface area contributed by atoms with Crippen molar-refractivity contribution in [2.24, 2.45) is 5.92 Å². The first-order chi connectivity index (χ1) is 7.36. The van der Waals surface area contributed by atoms with Crippen molar-refractivity contribution >= 4 is 5.91 Å². The number of carbonyl (C=O) groups is 1. The summed E-state index contributed by atoms with van der Waals surface area (Å²) in [5, 5.41) is 2.88. The van der Waals surface area contributed by atoms with E-state index in [0.717, 1.165) is 32.2 Å². The third-order valence-corrected chi connectivity index (χ3v) is 3.02. The first-order valence-electron chi connectivity index (χ1n) is 5.68. The second kappa shape index (κ2) is 4.96. The lowest BCUT2D eigenvalue weighted by Crippen LogP contribution is -2.18. The normalized spacial score (nSPS) is 20.3. The van der Waals surface area contributed by atoms with Crippen LogP contribution < -0.4 is 5.32 Å². The number of rotatable bonds is 4. The molecular weight excluding hydrogens is 186 g/mol. The average Bonchev–Trinajstić information content (AvgIpc) is 2.66. The van der Waals surface area contributed by atoms with Crippen molar-refractivity contribution in [1.82, 2.24) is 5.32 Å². The number of hydrogen-bond acceptors (Lipinski definition) is 1. The molecule has 1 N–H and O–H groups in total. The van der Waals surface area contributed by atoms with E-state index >= 15 is 0 Å². The maximum Gasteiger partial charge on any atom is 0.223 e. The zero-order valence-corrected chi connectivity index (χ0v) is 8.91. The topological polar surface area (TPSA) is 29.1 Å². The molecule has 1 heterocycles. The Morgan fingerprint density at radius 3 is 2.73 bits per heavy atom. The first kappa shape index (κ1) is 10.2. The summed E-state index contributed by atoms with van der Waals surface area (Å²) in [7, 11) is 0. The maximum atomic E-state index is 11.3. The lowest BCUT2D eigenvalue weighted by atomic mass is 9.98. The number of amides is 1. The molecule has 1 amide bonds. The van der Waals surface area contributed by atoms with Gasteiger partial charge < -0.3 is 5.32 Å². The molecule has 0 radical (unpaired) electrons. The van der Waals surface area contributed by atoms with Gasteiger partial charge in [0.25, 0.3) is 0 Å². The molecule has 1 aliphatic rings. The van der Waals surface area contributed by atoms with Gasteiger partial charge in [-0.2, -0.15) is 0 Å². The third kappa shape index (κ3) is 2.82. The summed E-state index contributed by atoms with van der Waals surface area (Å²) in [5.41, 5.74) is 1.37. The largest absolute Gasteiger partial charge is 0.356 e. The Labute approximate surface area is 90.7 Å². The monoisotopic (exact) mass is 203 g/mol. The molecule has 1 saturated heterocycles. The molecule has 2 nitrogen and oxygen atoms in total. The molecule has 0 aromatic heterocycles. The van der Waals surface area contributed by atoms with Gasteiger partial charge in [-0.15, -0.1) is 0 Å². The highest BCUT2D eigenvalue weighted by Crippen LogP contribution is 2.17. The Bertz CT molecular complexity index is 321. The SMILES string of the molecule is O=C1NCCC1CCCc1ccccc1. The molecule has 15 heavy (non-hydrogen) atoms. The quantitative estimate of drug-likeness (QED) is 0.798. The zero-order chi connectivity index (χ0) is 10.5. The minimum absolute atomic E-state index is 0.253. The Balaban J connectivity index is 1.73. The molecule has 1 aliphatic heterocycles. The maximum absolute atomic E-state index is 11.3. The molecule has 1 fully saturated rings. The van der Waals surface area contributed by atoms with Crippen LogP contribution in [0.1, 0.15) is 24.8 Å². The van der Waals surface area contributed by atoms with Crippen molar-refractivity contribution in [3.8, 4) is 0 Å². The van der Waals surface area contributed by atoms with Crippen molar-refractivity contribution < 1.29 is 4.79 Å². The van der Waals surface area contributed by atoms with Crippen molar-refractivity contribution in [3.63, 3.8) is 0 Å². The van der Waals surface area contributed by atoms with Gasteiger partial charge in [0.05, 0.1) is 0 Å². The zero-order valence-electron chi connectivity index (χ0n) is 8.91. The predicted molar refractivity (Wildman–Crippen MR) is 60.5 cm³/mol. The van der Waals surface area contributed by atoms with E-state index in [1.807, 2.05) is 6.07 Å². The Hall–Kier alpha value is -1.31. The lowest BCUT2D eigenvalue weighted by molar-refractivity contribution is -0.122. The molecule has 1 unspecified atom stereocenters. The number of benzene rings is 1. The fourth-order valence-electron chi connectivity index (χ4n) is 2.12. The molecule has 0 bridgehead atoms. The number of carbonyl (C=O) groups excluding carboxylic acids is 1. The summed E-state index contributed by atoms with van der Waals surface area (Å²) in [6.45, 7) is 0.870. The number of aryl methyl sites for hydroxylation is 1. The Morgan fingerprint density at radius 1 is 1.27 bits per heavy atom. The predicted octanol–water partition coefficient (Wildman–Crippen LogP) is 2.15. The molecule has 0 spiro atoms. The first-order valence-corrected chi connectivity index (χ1v) is 5.68. The van der Waals surface area contributed by atoms with Crippen LogP contribution in [0, 0.1) is 5.92 Å². The van der Waals surface area contributed by atoms with Crippen LogP contribution in [0.3, 0.4) is 0 Å². The van der Waals surface area contributed by atoms with Gasteiger partial charge in [0.1, 0.15) is 0 Å². The minimum Gasteiger partial charge on any atom is -0.356 e. The second-order valence-electron chi connectivity index (χ2n) is 4.15. The van der Waals surface area contributed by atoms with Gasteiger partial charge in [-0.1, -0.05) is 30.3 Å². The van der Waals surface area contributed by atoms with Gasteiger partial charge >= 0.3 is 0 Å². The van der Waals surface area contributed by atoms with E-state index in [-0.39, 0.29) is 11.8 Å². The molecule has 0 saturated carbocycles. The summed E-state index contributed by atoms with van der Waals surface area (Å²) >= 11 is 0. The smallest absolute Gasteiger partial charge is 0.223 e. The third-order valence-electron chi connectivity index (χ3n) is 3.02. The van der Waals surface area contributed by atoms with E-state index in [1.54, 1.807) is 0 Å². The standard InChI is InChI=1S/C13H17NO/c15-13-12(9-10-14-13)8-4-7-11-5-2-1-3-6-11/h1-3,5-6,12H,4,7-10H2,(H,14,15). The molecule has 1 atom stereocenters. The summed E-state index contributed by atoms with van der Waals surface area (Å²) in [4.78, 5) is 11.3. The summed E-state index contributed by atoms with van der Waals surface area (Å²) in [6, 6.07) is 10.5. The fraction of sp³-hybridized carbons (Fsp3) is 0.462. The molecule has 0 aliphatic carbocycles. The summed E-state index contributed by atoms with van der Waals surface area (Å²) < 4.78 is 0. The molecule has 1 aromatic rings. The molecule has 2 heteroatoms. The van der Waals surface area contributed by atoms with Gasteiger partial charge in [0.2, 0.25) is 5.91 Å². The summed E-state index contributed by atoms with van der Waals surface area (Å²) in [6.07, 6.45) is 4.25. The lowest BCUT2D eigenvalue weighted by Gasteiger charge is -2.06. The average molecular weight is 203 g/mol. The second-order valence-corrected chi connectivity index (χ2v) is 4.15. The van der Waals surface area contributed by atoms with E-state index in [2.05, 4.69) is 29.6 Å². The van der Waals surface area contributed by atoms with E-state index < -0.39 is 0 Å². The van der Waals surface area contributed by atoms with Gasteiger partial charge in [-0.25, -0.2) is 0 Å². The highest BCUT2D eigenvalue weighted by molar-refractivity contribution is 5.80. The number of hydrogen-bond donors (Lipinski definition) is 1. The highest BCUT2D eigenvalue weighted by atomic mass is 16.2. The Kier molecular flexibility index (Phi) is 3.38. The van der Waals surface area contributed by atoms with Gasteiger partial charge in [-0.3, -0.25) is 4.79 Å². The number of nitrogens with one attached hydrogen (secondary N) is 1. The van der Waals surface area contributed by atoms with E-state index in [1.165, 1.54) is 5.56 Å². The Morgan fingerprint density at radius 2 is 2.07 bits per heavy atom. The summed E-state index contributed by atoms with van der Waals surface area (Å²) in [5.74, 6) is 0.525. The van der Waals surface area contributed by atoms with Gasteiger partial charge in [-0.05, 0) is 31.2 Å². The highest BCUT2D eigenvalue weighted by Gasteiger charge is 2.22. The molecule has 2 rings (SSSR count). The van der Waals surface area contributed by atoms with Crippen LogP contribution in [0.25, 0.3) is 0 Å². The van der Waals surface area contributed by atoms with Crippen LogP contribution >= 0.6 is 0 Å². The molecule has 80 valence electrons. The van der Waals surface area contributed by atoms with E-state index in [4.69, 9.17) is 0 Å². The van der Waals surface area contributed by atoms with Crippen LogP contribution in [-0.4, -0.2) is 12.5 Å². The van der Waals surface area contributed by atoms with Gasteiger partial charge in [0, 0.05) is 12.5 Å². The molecule has 1 aromatic carbocycles.